The van der Waals surface area contributed by atoms with Crippen molar-refractivity contribution in [3.63, 3.8) is 0 Å². The molecule has 0 saturated carbocycles. The van der Waals surface area contributed by atoms with E-state index in [0.717, 1.165) is 78.7 Å². The van der Waals surface area contributed by atoms with Crippen LogP contribution in [0.4, 0.5) is 34.1 Å². The molecule has 0 atom stereocenters. The summed E-state index contributed by atoms with van der Waals surface area (Å²) < 4.78 is 15.9. The van der Waals surface area contributed by atoms with Crippen LogP contribution in [-0.2, 0) is 0 Å². The standard InChI is InChI=1S/C55H36BN3O2/c1-35-23-25-38(26-24-35)57(39-27-29-43-42-18-9-11-21-51(42)60-53(43)31-39)40-28-30-45-54(32-40)61-52-22-12-20-48-55(52)56(45)46-33-44-41-17-8-10-19-47(41)58(36-13-4-2-5-14-36)49(44)34-50(46)59(48)37-15-6-3-7-16-37/h2-34H,1H3. The fourth-order valence-corrected chi connectivity index (χ4v) is 9.97. The van der Waals surface area contributed by atoms with Crippen LogP contribution in [-0.4, -0.2) is 11.3 Å². The zero-order chi connectivity index (χ0) is 40.2. The van der Waals surface area contributed by atoms with Gasteiger partial charge in [-0.05, 0) is 108 Å². The van der Waals surface area contributed by atoms with Gasteiger partial charge in [-0.15, -0.1) is 0 Å². The number of para-hydroxylation sites is 4. The lowest BCUT2D eigenvalue weighted by atomic mass is 9.34. The Bertz CT molecular complexity index is 3540. The van der Waals surface area contributed by atoms with Gasteiger partial charge in [-0.2, -0.15) is 0 Å². The second kappa shape index (κ2) is 13.0. The van der Waals surface area contributed by atoms with Gasteiger partial charge in [-0.3, -0.25) is 0 Å². The molecule has 61 heavy (non-hydrogen) atoms. The Kier molecular flexibility index (Phi) is 7.25. The number of furan rings is 1. The van der Waals surface area contributed by atoms with E-state index < -0.39 is 0 Å². The molecule has 286 valence electrons. The van der Waals surface area contributed by atoms with Gasteiger partial charge in [0.2, 0.25) is 0 Å². The molecule has 0 unspecified atom stereocenters. The highest BCUT2D eigenvalue weighted by atomic mass is 16.5. The van der Waals surface area contributed by atoms with E-state index in [4.69, 9.17) is 9.15 Å². The minimum Gasteiger partial charge on any atom is -0.458 e. The number of aryl methyl sites for hydroxylation is 1. The number of benzene rings is 9. The van der Waals surface area contributed by atoms with E-state index in [9.17, 15) is 0 Å². The smallest absolute Gasteiger partial charge is 0.256 e. The molecule has 11 aromatic rings. The molecular formula is C55H36BN3O2. The maximum atomic E-state index is 7.06. The lowest BCUT2D eigenvalue weighted by molar-refractivity contribution is 0.487. The van der Waals surface area contributed by atoms with Gasteiger partial charge in [0.25, 0.3) is 6.71 Å². The zero-order valence-corrected chi connectivity index (χ0v) is 33.3. The van der Waals surface area contributed by atoms with Crippen LogP contribution < -0.4 is 30.9 Å². The van der Waals surface area contributed by atoms with E-state index in [0.29, 0.717) is 0 Å². The molecule has 0 amide bonds. The van der Waals surface area contributed by atoms with Crippen molar-refractivity contribution in [1.82, 2.24) is 4.57 Å². The lowest BCUT2D eigenvalue weighted by Crippen LogP contribution is -2.59. The van der Waals surface area contributed by atoms with Crippen molar-refractivity contribution in [3.8, 4) is 17.2 Å². The summed E-state index contributed by atoms with van der Waals surface area (Å²) in [5.74, 6) is 1.72. The van der Waals surface area contributed by atoms with Crippen molar-refractivity contribution >= 4 is 101 Å². The van der Waals surface area contributed by atoms with Crippen LogP contribution in [0.15, 0.2) is 205 Å². The molecule has 2 aliphatic rings. The SMILES string of the molecule is Cc1ccc(N(c2ccc3c(c2)Oc2cccc4c2B3c2cc3c5ccccc5n(-c5ccccc5)c3cc2N4c2ccccc2)c2ccc3c(c2)oc2ccccc23)cc1. The van der Waals surface area contributed by atoms with Gasteiger partial charge in [0.15, 0.2) is 0 Å². The molecular weight excluding hydrogens is 745 g/mol. The zero-order valence-electron chi connectivity index (χ0n) is 33.3. The minimum atomic E-state index is -0.0677. The Hall–Kier alpha value is -7.96. The number of hydrogen-bond acceptors (Lipinski definition) is 4. The topological polar surface area (TPSA) is 33.8 Å². The maximum Gasteiger partial charge on any atom is 0.256 e. The molecule has 0 aliphatic carbocycles. The Morgan fingerprint density at radius 1 is 0.443 bits per heavy atom. The average Bonchev–Trinajstić information content (AvgIpc) is 3.84. The third-order valence-electron chi connectivity index (χ3n) is 12.7. The molecule has 13 rings (SSSR count). The monoisotopic (exact) mass is 781 g/mol. The number of nitrogens with zero attached hydrogens (tertiary/aromatic N) is 3. The molecule has 6 heteroatoms. The first kappa shape index (κ1) is 34.0. The summed E-state index contributed by atoms with van der Waals surface area (Å²) in [6.07, 6.45) is 0. The second-order valence-corrected chi connectivity index (χ2v) is 16.2. The van der Waals surface area contributed by atoms with Crippen molar-refractivity contribution in [2.45, 2.75) is 6.92 Å². The van der Waals surface area contributed by atoms with E-state index >= 15 is 0 Å². The van der Waals surface area contributed by atoms with E-state index in [1.54, 1.807) is 0 Å². The van der Waals surface area contributed by atoms with Crippen molar-refractivity contribution in [2.75, 3.05) is 9.80 Å². The van der Waals surface area contributed by atoms with Crippen molar-refractivity contribution in [1.29, 1.82) is 0 Å². The maximum absolute atomic E-state index is 7.06. The lowest BCUT2D eigenvalue weighted by Gasteiger charge is -2.40. The molecule has 0 N–H and O–H groups in total. The van der Waals surface area contributed by atoms with Crippen LogP contribution in [0.1, 0.15) is 5.56 Å². The quantitative estimate of drug-likeness (QED) is 0.163. The molecule has 4 heterocycles. The van der Waals surface area contributed by atoms with Crippen LogP contribution in [0.25, 0.3) is 49.4 Å². The van der Waals surface area contributed by atoms with Crippen molar-refractivity contribution < 1.29 is 9.15 Å². The Labute approximate surface area is 353 Å². The van der Waals surface area contributed by atoms with Crippen LogP contribution >= 0.6 is 0 Å². The summed E-state index contributed by atoms with van der Waals surface area (Å²) in [6, 6.07) is 71.8. The molecule has 9 aromatic carbocycles. The van der Waals surface area contributed by atoms with E-state index in [1.165, 1.54) is 38.3 Å². The highest BCUT2D eigenvalue weighted by Crippen LogP contribution is 2.45. The minimum absolute atomic E-state index is 0.0677. The van der Waals surface area contributed by atoms with E-state index in [2.05, 4.69) is 209 Å². The van der Waals surface area contributed by atoms with Gasteiger partial charge in [-0.25, -0.2) is 0 Å². The summed E-state index contributed by atoms with van der Waals surface area (Å²) in [5, 5.41) is 4.67. The largest absolute Gasteiger partial charge is 0.458 e. The average molecular weight is 782 g/mol. The molecule has 0 spiro atoms. The van der Waals surface area contributed by atoms with E-state index in [-0.39, 0.29) is 6.71 Å². The molecule has 5 nitrogen and oxygen atoms in total. The van der Waals surface area contributed by atoms with Gasteiger partial charge >= 0.3 is 0 Å². The molecule has 0 fully saturated rings. The summed E-state index contributed by atoms with van der Waals surface area (Å²) in [5.41, 5.74) is 16.5. The summed E-state index contributed by atoms with van der Waals surface area (Å²) >= 11 is 0. The molecule has 2 aromatic heterocycles. The van der Waals surface area contributed by atoms with Gasteiger partial charge in [0.05, 0.1) is 11.0 Å². The van der Waals surface area contributed by atoms with Gasteiger partial charge in [0, 0.05) is 73.5 Å². The summed E-state index contributed by atoms with van der Waals surface area (Å²) in [7, 11) is 0. The normalized spacial score (nSPS) is 12.7. The first-order chi connectivity index (χ1) is 30.2. The Morgan fingerprint density at radius 3 is 1.97 bits per heavy atom. The predicted molar refractivity (Wildman–Crippen MR) is 253 cm³/mol. The number of anilines is 6. The third-order valence-corrected chi connectivity index (χ3v) is 12.7. The molecule has 2 aliphatic heterocycles. The Balaban J connectivity index is 1.04. The van der Waals surface area contributed by atoms with Crippen LogP contribution in [0.5, 0.6) is 11.5 Å². The molecule has 0 saturated heterocycles. The van der Waals surface area contributed by atoms with Gasteiger partial charge in [0.1, 0.15) is 22.7 Å². The molecule has 0 bridgehead atoms. The van der Waals surface area contributed by atoms with Crippen LogP contribution in [0, 0.1) is 6.92 Å². The van der Waals surface area contributed by atoms with Crippen molar-refractivity contribution in [2.24, 2.45) is 0 Å². The van der Waals surface area contributed by atoms with Gasteiger partial charge in [-0.1, -0.05) is 109 Å². The number of ether oxygens (including phenoxy) is 1. The third kappa shape index (κ3) is 5.09. The number of aromatic nitrogens is 1. The van der Waals surface area contributed by atoms with Gasteiger partial charge < -0.3 is 23.5 Å². The highest BCUT2D eigenvalue weighted by Gasteiger charge is 2.42. The number of hydrogen-bond donors (Lipinski definition) is 0. The fraction of sp³-hybridized carbons (Fsp3) is 0.0182. The molecule has 0 radical (unpaired) electrons. The van der Waals surface area contributed by atoms with Crippen molar-refractivity contribution in [3.05, 3.63) is 206 Å². The Morgan fingerprint density at radius 2 is 1.13 bits per heavy atom. The first-order valence-corrected chi connectivity index (χ1v) is 20.9. The number of rotatable bonds is 5. The van der Waals surface area contributed by atoms with Crippen LogP contribution in [0.3, 0.4) is 0 Å². The fourth-order valence-electron chi connectivity index (χ4n) is 9.97. The summed E-state index contributed by atoms with van der Waals surface area (Å²) in [6.45, 7) is 2.06. The predicted octanol–water partition coefficient (Wildman–Crippen LogP) is 12.9. The summed E-state index contributed by atoms with van der Waals surface area (Å²) in [4.78, 5) is 4.72. The van der Waals surface area contributed by atoms with Crippen LogP contribution in [0.2, 0.25) is 0 Å². The highest BCUT2D eigenvalue weighted by molar-refractivity contribution is 6.99. The number of fused-ring (bicyclic) bond motifs is 10. The second-order valence-electron chi connectivity index (χ2n) is 16.2. The first-order valence-electron chi connectivity index (χ1n) is 20.9. The van der Waals surface area contributed by atoms with E-state index in [1.807, 2.05) is 12.1 Å².